The molecule has 0 aliphatic heterocycles. The van der Waals surface area contributed by atoms with Crippen LogP contribution < -0.4 is 10.7 Å². The van der Waals surface area contributed by atoms with E-state index in [0.29, 0.717) is 0 Å². The van der Waals surface area contributed by atoms with E-state index in [9.17, 15) is 16.8 Å². The zero-order valence-corrected chi connectivity index (χ0v) is 9.47. The number of hydrogen-bond donors (Lipinski definition) is 2. The van der Waals surface area contributed by atoms with Gasteiger partial charge in [-0.2, -0.15) is 4.83 Å². The van der Waals surface area contributed by atoms with E-state index in [1.165, 1.54) is 24.3 Å². The highest BCUT2D eigenvalue weighted by Crippen LogP contribution is 2.13. The van der Waals surface area contributed by atoms with E-state index in [1.807, 2.05) is 0 Å². The van der Waals surface area contributed by atoms with Crippen LogP contribution in [-0.4, -0.2) is 23.1 Å². The Hall–Kier alpha value is -0.960. The Bertz CT molecular complexity index is 545. The molecule has 84 valence electrons. The Labute approximate surface area is 88.0 Å². The second-order valence-electron chi connectivity index (χ2n) is 2.86. The first-order chi connectivity index (χ1) is 6.77. The quantitative estimate of drug-likeness (QED) is 0.542. The Kier molecular flexibility index (Phi) is 3.14. The molecule has 0 aliphatic rings. The van der Waals surface area contributed by atoms with Crippen molar-refractivity contribution in [3.63, 3.8) is 0 Å². The third-order valence-electron chi connectivity index (χ3n) is 1.72. The number of nitrogens with two attached hydrogens (primary N) is 1. The normalized spacial score (nSPS) is 12.7. The molecule has 0 saturated carbocycles. The Balaban J connectivity index is 3.24. The molecule has 6 nitrogen and oxygen atoms in total. The zero-order chi connectivity index (χ0) is 11.7. The fourth-order valence-electron chi connectivity index (χ4n) is 0.934. The van der Waals surface area contributed by atoms with Crippen molar-refractivity contribution >= 4 is 19.9 Å². The van der Waals surface area contributed by atoms with Crippen molar-refractivity contribution in [2.24, 2.45) is 5.84 Å². The summed E-state index contributed by atoms with van der Waals surface area (Å²) in [6.45, 7) is 0. The first kappa shape index (κ1) is 12.1. The summed E-state index contributed by atoms with van der Waals surface area (Å²) in [5.41, 5.74) is 0. The number of benzene rings is 1. The molecule has 1 aromatic carbocycles. The van der Waals surface area contributed by atoms with Gasteiger partial charge in [0.15, 0.2) is 9.84 Å². The lowest BCUT2D eigenvalue weighted by Gasteiger charge is -2.02. The van der Waals surface area contributed by atoms with Gasteiger partial charge in [0.25, 0.3) is 10.0 Å². The lowest BCUT2D eigenvalue weighted by molar-refractivity contribution is 0.583. The summed E-state index contributed by atoms with van der Waals surface area (Å²) in [5, 5.41) is 0. The molecule has 0 radical (unpaired) electrons. The lowest BCUT2D eigenvalue weighted by atomic mass is 10.4. The minimum absolute atomic E-state index is 0.0541. The highest BCUT2D eigenvalue weighted by atomic mass is 32.2. The van der Waals surface area contributed by atoms with Gasteiger partial charge in [-0.3, -0.25) is 5.84 Å². The lowest BCUT2D eigenvalue weighted by Crippen LogP contribution is -2.30. The van der Waals surface area contributed by atoms with Gasteiger partial charge in [0.1, 0.15) is 0 Å². The second-order valence-corrected chi connectivity index (χ2v) is 6.59. The summed E-state index contributed by atoms with van der Waals surface area (Å²) < 4.78 is 44.5. The standard InChI is InChI=1S/C7H10N2O4S2/c1-14(10,11)6-2-4-7(5-3-6)15(12,13)9-8/h2-5,9H,8H2,1H3. The van der Waals surface area contributed by atoms with Crippen LogP contribution in [0.4, 0.5) is 0 Å². The summed E-state index contributed by atoms with van der Waals surface area (Å²) in [4.78, 5) is 1.61. The summed E-state index contributed by atoms with van der Waals surface area (Å²) in [5.74, 6) is 4.81. The van der Waals surface area contributed by atoms with Gasteiger partial charge in [-0.1, -0.05) is 0 Å². The molecule has 0 atom stereocenters. The van der Waals surface area contributed by atoms with E-state index in [2.05, 4.69) is 0 Å². The van der Waals surface area contributed by atoms with Crippen molar-refractivity contribution < 1.29 is 16.8 Å². The summed E-state index contributed by atoms with van der Waals surface area (Å²) in [7, 11) is -7.05. The van der Waals surface area contributed by atoms with Gasteiger partial charge in [-0.25, -0.2) is 16.8 Å². The summed E-state index contributed by atoms with van der Waals surface area (Å²) >= 11 is 0. The molecule has 1 rings (SSSR count). The number of hydrogen-bond acceptors (Lipinski definition) is 5. The second kappa shape index (κ2) is 3.89. The minimum Gasteiger partial charge on any atom is -0.257 e. The van der Waals surface area contributed by atoms with Gasteiger partial charge in [0.2, 0.25) is 0 Å². The van der Waals surface area contributed by atoms with E-state index in [0.717, 1.165) is 6.26 Å². The van der Waals surface area contributed by atoms with E-state index in [4.69, 9.17) is 5.84 Å². The molecule has 0 aliphatic carbocycles. The van der Waals surface area contributed by atoms with E-state index in [1.54, 1.807) is 4.83 Å². The van der Waals surface area contributed by atoms with Crippen molar-refractivity contribution in [3.05, 3.63) is 24.3 Å². The number of hydrazine groups is 1. The van der Waals surface area contributed by atoms with Crippen molar-refractivity contribution in [3.8, 4) is 0 Å². The Morgan fingerprint density at radius 1 is 1.00 bits per heavy atom. The van der Waals surface area contributed by atoms with Crippen LogP contribution in [0.2, 0.25) is 0 Å². The molecular weight excluding hydrogens is 240 g/mol. The fraction of sp³-hybridized carbons (Fsp3) is 0.143. The average molecular weight is 250 g/mol. The van der Waals surface area contributed by atoms with Crippen LogP contribution in [0.5, 0.6) is 0 Å². The van der Waals surface area contributed by atoms with Gasteiger partial charge in [0, 0.05) is 6.26 Å². The molecule has 0 unspecified atom stereocenters. The molecule has 0 saturated heterocycles. The van der Waals surface area contributed by atoms with Gasteiger partial charge in [-0.05, 0) is 24.3 Å². The molecular formula is C7H10N2O4S2. The zero-order valence-electron chi connectivity index (χ0n) is 7.84. The van der Waals surface area contributed by atoms with Crippen LogP contribution >= 0.6 is 0 Å². The molecule has 0 spiro atoms. The van der Waals surface area contributed by atoms with Gasteiger partial charge < -0.3 is 0 Å². The number of nitrogens with one attached hydrogen (secondary N) is 1. The summed E-state index contributed by atoms with van der Waals surface area (Å²) in [6.07, 6.45) is 1.04. The summed E-state index contributed by atoms with van der Waals surface area (Å²) in [6, 6.07) is 4.76. The monoisotopic (exact) mass is 250 g/mol. The fourth-order valence-corrected chi connectivity index (χ4v) is 2.19. The predicted octanol–water partition coefficient (Wildman–Crippen LogP) is -0.758. The third kappa shape index (κ3) is 2.75. The molecule has 0 heterocycles. The SMILES string of the molecule is CS(=O)(=O)c1ccc(S(=O)(=O)NN)cc1. The van der Waals surface area contributed by atoms with Crippen LogP contribution in [0.3, 0.4) is 0 Å². The van der Waals surface area contributed by atoms with Crippen molar-refractivity contribution in [1.29, 1.82) is 0 Å². The number of rotatable bonds is 3. The van der Waals surface area contributed by atoms with Crippen LogP contribution in [0.25, 0.3) is 0 Å². The van der Waals surface area contributed by atoms with Gasteiger partial charge in [-0.15, -0.1) is 0 Å². The third-order valence-corrected chi connectivity index (χ3v) is 4.05. The topological polar surface area (TPSA) is 106 Å². The largest absolute Gasteiger partial charge is 0.257 e. The predicted molar refractivity (Wildman–Crippen MR) is 54.1 cm³/mol. The van der Waals surface area contributed by atoms with Crippen LogP contribution in [0.1, 0.15) is 0 Å². The molecule has 8 heteroatoms. The van der Waals surface area contributed by atoms with Gasteiger partial charge >= 0.3 is 0 Å². The maximum atomic E-state index is 11.2. The van der Waals surface area contributed by atoms with Crippen LogP contribution in [-0.2, 0) is 19.9 Å². The molecule has 0 amide bonds. The van der Waals surface area contributed by atoms with Gasteiger partial charge in [0.05, 0.1) is 9.79 Å². The molecule has 0 aromatic heterocycles. The van der Waals surface area contributed by atoms with Crippen molar-refractivity contribution in [2.75, 3.05) is 6.26 Å². The van der Waals surface area contributed by atoms with E-state index >= 15 is 0 Å². The average Bonchev–Trinajstić information content (AvgIpc) is 2.17. The van der Waals surface area contributed by atoms with Crippen molar-refractivity contribution in [1.82, 2.24) is 4.83 Å². The highest BCUT2D eigenvalue weighted by Gasteiger charge is 2.13. The van der Waals surface area contributed by atoms with E-state index < -0.39 is 19.9 Å². The Morgan fingerprint density at radius 3 is 1.73 bits per heavy atom. The minimum atomic E-state index is -3.73. The van der Waals surface area contributed by atoms with E-state index in [-0.39, 0.29) is 9.79 Å². The first-order valence-electron chi connectivity index (χ1n) is 3.80. The Morgan fingerprint density at radius 2 is 1.40 bits per heavy atom. The maximum absolute atomic E-state index is 11.2. The molecule has 3 N–H and O–H groups in total. The molecule has 0 fully saturated rings. The molecule has 1 aromatic rings. The number of sulfonamides is 1. The van der Waals surface area contributed by atoms with Crippen molar-refractivity contribution in [2.45, 2.75) is 9.79 Å². The molecule has 0 bridgehead atoms. The maximum Gasteiger partial charge on any atom is 0.253 e. The van der Waals surface area contributed by atoms with Crippen LogP contribution in [0, 0.1) is 0 Å². The van der Waals surface area contributed by atoms with Crippen LogP contribution in [0.15, 0.2) is 34.1 Å². The smallest absolute Gasteiger partial charge is 0.253 e. The highest BCUT2D eigenvalue weighted by molar-refractivity contribution is 7.90. The first-order valence-corrected chi connectivity index (χ1v) is 7.17. The number of sulfone groups is 1. The molecule has 15 heavy (non-hydrogen) atoms.